The monoisotopic (exact) mass is 294 g/mol. The van der Waals surface area contributed by atoms with Crippen LogP contribution >= 0.6 is 15.9 Å². The van der Waals surface area contributed by atoms with Crippen LogP contribution in [0.5, 0.6) is 0 Å². The number of nitrogens with one attached hydrogen (secondary N) is 2. The van der Waals surface area contributed by atoms with Crippen LogP contribution in [0.3, 0.4) is 0 Å². The second kappa shape index (κ2) is 5.25. The summed E-state index contributed by atoms with van der Waals surface area (Å²) >= 11 is 3.24. The van der Waals surface area contributed by atoms with Crippen molar-refractivity contribution in [3.05, 3.63) is 22.8 Å². The summed E-state index contributed by atoms with van der Waals surface area (Å²) < 4.78 is 0.671. The zero-order valence-corrected chi connectivity index (χ0v) is 10.6. The van der Waals surface area contributed by atoms with Crippen LogP contribution in [-0.4, -0.2) is 23.5 Å². The number of carbonyl (C=O) groups is 1. The van der Waals surface area contributed by atoms with Crippen molar-refractivity contribution in [2.75, 3.05) is 11.9 Å². The number of nitriles is 1. The maximum Gasteiger partial charge on any atom is 0.242 e. The number of hydrogen-bond donors (Lipinski definition) is 2. The van der Waals surface area contributed by atoms with Gasteiger partial charge in [0.25, 0.3) is 0 Å². The molecule has 5 nitrogen and oxygen atoms in total. The highest BCUT2D eigenvalue weighted by atomic mass is 79.9. The van der Waals surface area contributed by atoms with E-state index in [1.165, 1.54) is 0 Å². The SMILES string of the molecule is N#C[C@H]1CN[C@H](C(=O)Nc2cccc(Br)n2)C1. The molecule has 2 N–H and O–H groups in total. The van der Waals surface area contributed by atoms with Crippen LogP contribution in [0.2, 0.25) is 0 Å². The maximum absolute atomic E-state index is 11.8. The number of hydrogen-bond acceptors (Lipinski definition) is 4. The van der Waals surface area contributed by atoms with Gasteiger partial charge in [-0.15, -0.1) is 0 Å². The molecule has 2 heterocycles. The Balaban J connectivity index is 1.96. The Labute approximate surface area is 107 Å². The summed E-state index contributed by atoms with van der Waals surface area (Å²) in [7, 11) is 0. The number of carbonyl (C=O) groups excluding carboxylic acids is 1. The van der Waals surface area contributed by atoms with Crippen molar-refractivity contribution >= 4 is 27.7 Å². The van der Waals surface area contributed by atoms with Gasteiger partial charge in [0.1, 0.15) is 10.4 Å². The highest BCUT2D eigenvalue weighted by molar-refractivity contribution is 9.10. The van der Waals surface area contributed by atoms with Crippen LogP contribution in [0, 0.1) is 17.2 Å². The molecule has 0 unspecified atom stereocenters. The van der Waals surface area contributed by atoms with Gasteiger partial charge in [0, 0.05) is 6.54 Å². The third kappa shape index (κ3) is 3.02. The van der Waals surface area contributed by atoms with Gasteiger partial charge in [-0.25, -0.2) is 4.98 Å². The fraction of sp³-hybridized carbons (Fsp3) is 0.364. The number of nitrogens with zero attached hydrogens (tertiary/aromatic N) is 2. The first-order valence-electron chi connectivity index (χ1n) is 5.25. The van der Waals surface area contributed by atoms with Gasteiger partial charge >= 0.3 is 0 Å². The second-order valence-electron chi connectivity index (χ2n) is 3.86. The van der Waals surface area contributed by atoms with Gasteiger partial charge < -0.3 is 10.6 Å². The molecular weight excluding hydrogens is 284 g/mol. The molecule has 2 atom stereocenters. The molecule has 1 saturated heterocycles. The van der Waals surface area contributed by atoms with Crippen molar-refractivity contribution in [2.24, 2.45) is 5.92 Å². The number of pyridine rings is 1. The molecule has 88 valence electrons. The average Bonchev–Trinajstić information content (AvgIpc) is 2.77. The minimum atomic E-state index is -0.305. The summed E-state index contributed by atoms with van der Waals surface area (Å²) in [6.45, 7) is 0.570. The standard InChI is InChI=1S/C11H11BrN4O/c12-9-2-1-3-10(15-9)16-11(17)8-4-7(5-13)6-14-8/h1-3,7-8,14H,4,6H2,(H,15,16,17)/t7-,8-/m0/s1. The number of aromatic nitrogens is 1. The van der Waals surface area contributed by atoms with E-state index in [0.29, 0.717) is 23.4 Å². The van der Waals surface area contributed by atoms with Gasteiger partial charge in [0.2, 0.25) is 5.91 Å². The molecule has 17 heavy (non-hydrogen) atoms. The highest BCUT2D eigenvalue weighted by Crippen LogP contribution is 2.15. The number of anilines is 1. The second-order valence-corrected chi connectivity index (χ2v) is 4.67. The minimum absolute atomic E-state index is 0.0822. The van der Waals surface area contributed by atoms with Gasteiger partial charge in [-0.3, -0.25) is 4.79 Å². The largest absolute Gasteiger partial charge is 0.309 e. The first-order chi connectivity index (χ1) is 8.19. The number of amides is 1. The Morgan fingerprint density at radius 2 is 2.47 bits per heavy atom. The molecule has 0 aromatic carbocycles. The van der Waals surface area contributed by atoms with E-state index in [1.54, 1.807) is 18.2 Å². The van der Waals surface area contributed by atoms with Crippen LogP contribution < -0.4 is 10.6 Å². The van der Waals surface area contributed by atoms with Crippen molar-refractivity contribution in [3.63, 3.8) is 0 Å². The molecule has 1 fully saturated rings. The molecule has 1 aliphatic rings. The lowest BCUT2D eigenvalue weighted by Gasteiger charge is -2.10. The van der Waals surface area contributed by atoms with Crippen molar-refractivity contribution in [1.29, 1.82) is 5.26 Å². The Morgan fingerprint density at radius 3 is 3.12 bits per heavy atom. The zero-order valence-electron chi connectivity index (χ0n) is 8.98. The lowest BCUT2D eigenvalue weighted by Crippen LogP contribution is -2.35. The molecule has 6 heteroatoms. The Morgan fingerprint density at radius 1 is 1.65 bits per heavy atom. The van der Waals surface area contributed by atoms with Crippen LogP contribution in [-0.2, 0) is 4.79 Å². The van der Waals surface area contributed by atoms with E-state index in [4.69, 9.17) is 5.26 Å². The normalized spacial score (nSPS) is 23.1. The molecular formula is C11H11BrN4O. The van der Waals surface area contributed by atoms with Crippen molar-refractivity contribution in [3.8, 4) is 6.07 Å². The third-order valence-corrected chi connectivity index (χ3v) is 3.04. The zero-order chi connectivity index (χ0) is 12.3. The van der Waals surface area contributed by atoms with E-state index < -0.39 is 0 Å². The number of halogens is 1. The predicted molar refractivity (Wildman–Crippen MR) is 66.1 cm³/mol. The predicted octanol–water partition coefficient (Wildman–Crippen LogP) is 1.28. The third-order valence-electron chi connectivity index (χ3n) is 2.60. The Kier molecular flexibility index (Phi) is 3.71. The van der Waals surface area contributed by atoms with Crippen molar-refractivity contribution in [2.45, 2.75) is 12.5 Å². The van der Waals surface area contributed by atoms with E-state index in [0.717, 1.165) is 0 Å². The highest BCUT2D eigenvalue weighted by Gasteiger charge is 2.29. The minimum Gasteiger partial charge on any atom is -0.309 e. The van der Waals surface area contributed by atoms with E-state index in [1.807, 2.05) is 0 Å². The van der Waals surface area contributed by atoms with Gasteiger partial charge in [-0.2, -0.15) is 5.26 Å². The molecule has 1 aromatic heterocycles. The lowest BCUT2D eigenvalue weighted by molar-refractivity contribution is -0.117. The quantitative estimate of drug-likeness (QED) is 0.806. The summed E-state index contributed by atoms with van der Waals surface area (Å²) in [5.41, 5.74) is 0. The molecule has 0 bridgehead atoms. The van der Waals surface area contributed by atoms with Crippen LogP contribution in [0.15, 0.2) is 22.8 Å². The molecule has 1 amide bonds. The Bertz CT molecular complexity index is 471. The summed E-state index contributed by atoms with van der Waals surface area (Å²) in [5, 5.41) is 14.5. The average molecular weight is 295 g/mol. The molecule has 0 saturated carbocycles. The number of rotatable bonds is 2. The van der Waals surface area contributed by atoms with E-state index in [-0.39, 0.29) is 17.9 Å². The summed E-state index contributed by atoms with van der Waals surface area (Å²) in [6.07, 6.45) is 0.552. The topological polar surface area (TPSA) is 77.8 Å². The first-order valence-corrected chi connectivity index (χ1v) is 6.05. The van der Waals surface area contributed by atoms with E-state index in [2.05, 4.69) is 37.6 Å². The van der Waals surface area contributed by atoms with Gasteiger partial charge in [0.15, 0.2) is 0 Å². The molecule has 1 aromatic rings. The molecule has 2 rings (SSSR count). The molecule has 0 radical (unpaired) electrons. The van der Waals surface area contributed by atoms with Crippen LogP contribution in [0.1, 0.15) is 6.42 Å². The fourth-order valence-corrected chi connectivity index (χ4v) is 2.07. The van der Waals surface area contributed by atoms with Gasteiger partial charge in [0.05, 0.1) is 18.0 Å². The Hall–Kier alpha value is -1.45. The van der Waals surface area contributed by atoms with Gasteiger partial charge in [-0.05, 0) is 34.5 Å². The molecule has 1 aliphatic heterocycles. The van der Waals surface area contributed by atoms with Crippen molar-refractivity contribution < 1.29 is 4.79 Å². The first kappa shape index (κ1) is 12.0. The smallest absolute Gasteiger partial charge is 0.242 e. The molecule has 0 aliphatic carbocycles. The van der Waals surface area contributed by atoms with Crippen molar-refractivity contribution in [1.82, 2.24) is 10.3 Å². The van der Waals surface area contributed by atoms with Gasteiger partial charge in [-0.1, -0.05) is 6.07 Å². The summed E-state index contributed by atoms with van der Waals surface area (Å²) in [4.78, 5) is 16.0. The van der Waals surface area contributed by atoms with Crippen LogP contribution in [0.25, 0.3) is 0 Å². The van der Waals surface area contributed by atoms with E-state index >= 15 is 0 Å². The summed E-state index contributed by atoms with van der Waals surface area (Å²) in [6, 6.07) is 7.16. The molecule has 0 spiro atoms. The fourth-order valence-electron chi connectivity index (χ4n) is 1.73. The summed E-state index contributed by atoms with van der Waals surface area (Å²) in [5.74, 6) is 0.279. The van der Waals surface area contributed by atoms with Crippen LogP contribution in [0.4, 0.5) is 5.82 Å². The van der Waals surface area contributed by atoms with E-state index in [9.17, 15) is 4.79 Å². The maximum atomic E-state index is 11.8. The lowest BCUT2D eigenvalue weighted by atomic mass is 10.1.